The lowest BCUT2D eigenvalue weighted by Crippen LogP contribution is -2.01. The molecule has 0 saturated carbocycles. The molecule has 7 nitrogen and oxygen atoms in total. The average molecular weight is 500 g/mol. The fraction of sp³-hybridized carbons (Fsp3) is 0.107. The van der Waals surface area contributed by atoms with Crippen LogP contribution in [0.15, 0.2) is 84.9 Å². The molecule has 2 heterocycles. The lowest BCUT2D eigenvalue weighted by atomic mass is 10.1. The standard InChI is InChI=1S/C28H22ClN3O4/c1-2-35-26-14-20(10-13-22(26)29)25-15-23(30-27-16-24(28(33)34)31-32(25)27)19-8-11-21(12-9-19)36-17-18-6-4-3-5-7-18/h3-16H,2,17H2,1H3,(H,33,34). The number of carbonyl (C=O) groups is 1. The molecule has 36 heavy (non-hydrogen) atoms. The summed E-state index contributed by atoms with van der Waals surface area (Å²) >= 11 is 6.28. The predicted octanol–water partition coefficient (Wildman–Crippen LogP) is 6.39. The van der Waals surface area contributed by atoms with E-state index in [2.05, 4.69) is 10.1 Å². The first kappa shape index (κ1) is 23.4. The molecule has 180 valence electrons. The molecule has 1 N–H and O–H groups in total. The highest BCUT2D eigenvalue weighted by molar-refractivity contribution is 6.32. The van der Waals surface area contributed by atoms with Crippen LogP contribution in [0.3, 0.4) is 0 Å². The van der Waals surface area contributed by atoms with E-state index in [-0.39, 0.29) is 5.69 Å². The number of carboxylic acids is 1. The zero-order valence-corrected chi connectivity index (χ0v) is 20.1. The molecule has 0 bridgehead atoms. The van der Waals surface area contributed by atoms with Gasteiger partial charge >= 0.3 is 5.97 Å². The van der Waals surface area contributed by atoms with Gasteiger partial charge in [-0.05, 0) is 55.0 Å². The molecule has 0 atom stereocenters. The molecule has 0 radical (unpaired) electrons. The molecule has 0 saturated heterocycles. The highest BCUT2D eigenvalue weighted by Crippen LogP contribution is 2.33. The Bertz CT molecular complexity index is 1530. The number of hydrogen-bond donors (Lipinski definition) is 1. The monoisotopic (exact) mass is 499 g/mol. The van der Waals surface area contributed by atoms with Crippen LogP contribution in [-0.2, 0) is 6.61 Å². The van der Waals surface area contributed by atoms with Crippen molar-refractivity contribution < 1.29 is 19.4 Å². The van der Waals surface area contributed by atoms with Gasteiger partial charge in [0.2, 0.25) is 0 Å². The van der Waals surface area contributed by atoms with Gasteiger partial charge in [0, 0.05) is 17.2 Å². The maximum absolute atomic E-state index is 11.6. The first-order chi connectivity index (χ1) is 17.5. The minimum Gasteiger partial charge on any atom is -0.492 e. The lowest BCUT2D eigenvalue weighted by Gasteiger charge is -2.12. The maximum Gasteiger partial charge on any atom is 0.356 e. The summed E-state index contributed by atoms with van der Waals surface area (Å²) in [5.74, 6) is 0.146. The van der Waals surface area contributed by atoms with Crippen LogP contribution < -0.4 is 9.47 Å². The fourth-order valence-electron chi connectivity index (χ4n) is 3.82. The van der Waals surface area contributed by atoms with E-state index < -0.39 is 5.97 Å². The number of aromatic carboxylic acids is 1. The topological polar surface area (TPSA) is 86.0 Å². The van der Waals surface area contributed by atoms with Gasteiger partial charge in [-0.3, -0.25) is 0 Å². The van der Waals surface area contributed by atoms with E-state index >= 15 is 0 Å². The van der Waals surface area contributed by atoms with E-state index in [0.29, 0.717) is 41.0 Å². The summed E-state index contributed by atoms with van der Waals surface area (Å²) in [6.45, 7) is 2.82. The molecule has 8 heteroatoms. The number of benzene rings is 3. The van der Waals surface area contributed by atoms with Crippen molar-refractivity contribution in [3.63, 3.8) is 0 Å². The van der Waals surface area contributed by atoms with Crippen molar-refractivity contribution in [2.45, 2.75) is 13.5 Å². The van der Waals surface area contributed by atoms with Crippen LogP contribution in [0.25, 0.3) is 28.2 Å². The summed E-state index contributed by atoms with van der Waals surface area (Å²) in [5.41, 5.74) is 4.34. The SMILES string of the molecule is CCOc1cc(-c2cc(-c3ccc(OCc4ccccc4)cc3)nc3cc(C(=O)O)nn23)ccc1Cl. The summed E-state index contributed by atoms with van der Waals surface area (Å²) < 4.78 is 13.1. The highest BCUT2D eigenvalue weighted by Gasteiger charge is 2.17. The number of carboxylic acid groups (broad SMARTS) is 1. The highest BCUT2D eigenvalue weighted by atomic mass is 35.5. The smallest absolute Gasteiger partial charge is 0.356 e. The first-order valence-electron chi connectivity index (χ1n) is 11.4. The Morgan fingerprint density at radius 1 is 0.944 bits per heavy atom. The van der Waals surface area contributed by atoms with Crippen molar-refractivity contribution in [3.05, 3.63) is 101 Å². The van der Waals surface area contributed by atoms with E-state index in [1.807, 2.05) is 79.7 Å². The Hall–Kier alpha value is -4.36. The van der Waals surface area contributed by atoms with Crippen molar-refractivity contribution in [1.82, 2.24) is 14.6 Å². The molecule has 3 aromatic carbocycles. The van der Waals surface area contributed by atoms with Crippen LogP contribution in [-0.4, -0.2) is 32.3 Å². The van der Waals surface area contributed by atoms with Crippen LogP contribution >= 0.6 is 11.6 Å². The van der Waals surface area contributed by atoms with Gasteiger partial charge in [-0.15, -0.1) is 0 Å². The largest absolute Gasteiger partial charge is 0.492 e. The minimum absolute atomic E-state index is 0.0930. The van der Waals surface area contributed by atoms with Gasteiger partial charge in [0.15, 0.2) is 11.3 Å². The van der Waals surface area contributed by atoms with Crippen LogP contribution in [0.2, 0.25) is 5.02 Å². The summed E-state index contributed by atoms with van der Waals surface area (Å²) in [6.07, 6.45) is 0. The molecule has 5 aromatic rings. The van der Waals surface area contributed by atoms with Crippen LogP contribution in [0.4, 0.5) is 0 Å². The number of rotatable bonds is 8. The molecule has 0 unspecified atom stereocenters. The fourth-order valence-corrected chi connectivity index (χ4v) is 4.00. The van der Waals surface area contributed by atoms with Crippen molar-refractivity contribution in [2.24, 2.45) is 0 Å². The molecular weight excluding hydrogens is 478 g/mol. The molecule has 0 fully saturated rings. The van der Waals surface area contributed by atoms with E-state index in [1.54, 1.807) is 6.07 Å². The van der Waals surface area contributed by atoms with Crippen LogP contribution in [0, 0.1) is 0 Å². The van der Waals surface area contributed by atoms with Gasteiger partial charge in [-0.1, -0.05) is 48.0 Å². The van der Waals surface area contributed by atoms with Crippen molar-refractivity contribution >= 4 is 23.2 Å². The number of aromatic nitrogens is 3. The maximum atomic E-state index is 11.6. The van der Waals surface area contributed by atoms with E-state index in [4.69, 9.17) is 21.1 Å². The molecule has 0 spiro atoms. The minimum atomic E-state index is -1.13. The van der Waals surface area contributed by atoms with Gasteiger partial charge in [0.1, 0.15) is 18.1 Å². The quantitative estimate of drug-likeness (QED) is 0.266. The van der Waals surface area contributed by atoms with Crippen LogP contribution in [0.1, 0.15) is 23.0 Å². The Labute approximate surface area is 212 Å². The summed E-state index contributed by atoms with van der Waals surface area (Å²) in [4.78, 5) is 16.3. The molecule has 0 aliphatic rings. The molecule has 0 aliphatic carbocycles. The number of fused-ring (bicyclic) bond motifs is 1. The van der Waals surface area contributed by atoms with Gasteiger partial charge in [-0.25, -0.2) is 14.3 Å². The Balaban J connectivity index is 1.53. The second-order valence-corrected chi connectivity index (χ2v) is 8.42. The second-order valence-electron chi connectivity index (χ2n) is 8.01. The van der Waals surface area contributed by atoms with Crippen molar-refractivity contribution in [2.75, 3.05) is 6.61 Å². The van der Waals surface area contributed by atoms with E-state index in [1.165, 1.54) is 10.6 Å². The molecule has 2 aromatic heterocycles. The van der Waals surface area contributed by atoms with Crippen molar-refractivity contribution in [1.29, 1.82) is 0 Å². The predicted molar refractivity (Wildman–Crippen MR) is 138 cm³/mol. The third kappa shape index (κ3) is 4.87. The van der Waals surface area contributed by atoms with Crippen LogP contribution in [0.5, 0.6) is 11.5 Å². The zero-order valence-electron chi connectivity index (χ0n) is 19.4. The first-order valence-corrected chi connectivity index (χ1v) is 11.7. The number of halogens is 1. The Morgan fingerprint density at radius 3 is 2.42 bits per heavy atom. The summed E-state index contributed by atoms with van der Waals surface area (Å²) in [5, 5.41) is 14.2. The van der Waals surface area contributed by atoms with Gasteiger partial charge in [0.25, 0.3) is 0 Å². The summed E-state index contributed by atoms with van der Waals surface area (Å²) in [7, 11) is 0. The number of nitrogens with zero attached hydrogens (tertiary/aromatic N) is 3. The van der Waals surface area contributed by atoms with E-state index in [9.17, 15) is 9.90 Å². The van der Waals surface area contributed by atoms with E-state index in [0.717, 1.165) is 22.4 Å². The van der Waals surface area contributed by atoms with Gasteiger partial charge < -0.3 is 14.6 Å². The second kappa shape index (κ2) is 10.1. The number of hydrogen-bond acceptors (Lipinski definition) is 5. The number of ether oxygens (including phenoxy) is 2. The van der Waals surface area contributed by atoms with Gasteiger partial charge in [-0.2, -0.15) is 5.10 Å². The lowest BCUT2D eigenvalue weighted by molar-refractivity contribution is 0.0690. The third-order valence-corrected chi connectivity index (χ3v) is 5.88. The Kier molecular flexibility index (Phi) is 6.56. The Morgan fingerprint density at radius 2 is 1.69 bits per heavy atom. The summed E-state index contributed by atoms with van der Waals surface area (Å²) in [6, 6.07) is 26.3. The van der Waals surface area contributed by atoms with Gasteiger partial charge in [0.05, 0.1) is 23.0 Å². The zero-order chi connectivity index (χ0) is 25.1. The third-order valence-electron chi connectivity index (χ3n) is 5.57. The average Bonchev–Trinajstić information content (AvgIpc) is 3.34. The molecule has 5 rings (SSSR count). The normalized spacial score (nSPS) is 10.9. The molecule has 0 aliphatic heterocycles. The van der Waals surface area contributed by atoms with Crippen molar-refractivity contribution in [3.8, 4) is 34.0 Å². The molecule has 0 amide bonds. The molecular formula is C28H22ClN3O4.